The van der Waals surface area contributed by atoms with Gasteiger partial charge >= 0.3 is 0 Å². The molecule has 0 bridgehead atoms. The molecule has 0 aromatic carbocycles. The molecular weight excluding hydrogens is 264 g/mol. The van der Waals surface area contributed by atoms with Gasteiger partial charge in [0.25, 0.3) is 0 Å². The Hall–Kier alpha value is -1.26. The first kappa shape index (κ1) is 16.1. The highest BCUT2D eigenvalue weighted by Crippen LogP contribution is 2.18. The Morgan fingerprint density at radius 1 is 0.952 bits per heavy atom. The van der Waals surface area contributed by atoms with Gasteiger partial charge in [0.2, 0.25) is 5.91 Å². The molecule has 2 fully saturated rings. The predicted octanol–water partition coefficient (Wildman–Crippen LogP) is 1.93. The maximum absolute atomic E-state index is 11.9. The highest BCUT2D eigenvalue weighted by atomic mass is 16.1. The third kappa shape index (κ3) is 5.94. The minimum absolute atomic E-state index is 0.158. The van der Waals surface area contributed by atoms with Gasteiger partial charge in [-0.05, 0) is 25.7 Å². The topological polar surface area (TPSA) is 65.5 Å². The molecule has 0 atom stereocenters. The first-order chi connectivity index (χ1) is 10.3. The third-order valence-electron chi connectivity index (χ3n) is 4.53. The number of carbonyl (C=O) groups excluding carboxylic acids is 1. The van der Waals surface area contributed by atoms with Gasteiger partial charge in [-0.2, -0.15) is 0 Å². The van der Waals surface area contributed by atoms with Gasteiger partial charge in [0.1, 0.15) is 0 Å². The normalized spacial score (nSPS) is 21.3. The average molecular weight is 294 g/mol. The van der Waals surface area contributed by atoms with Crippen LogP contribution in [0.3, 0.4) is 0 Å². The summed E-state index contributed by atoms with van der Waals surface area (Å²) in [7, 11) is 1.78. The number of carbonyl (C=O) groups is 1. The second-order valence-corrected chi connectivity index (χ2v) is 6.28. The molecule has 120 valence electrons. The van der Waals surface area contributed by atoms with Gasteiger partial charge < -0.3 is 16.0 Å². The summed E-state index contributed by atoms with van der Waals surface area (Å²) in [5, 5.41) is 9.81. The van der Waals surface area contributed by atoms with Crippen LogP contribution in [-0.4, -0.2) is 37.5 Å². The summed E-state index contributed by atoms with van der Waals surface area (Å²) in [5.74, 6) is 0.984. The Bertz CT molecular complexity index is 344. The lowest BCUT2D eigenvalue weighted by Crippen LogP contribution is -2.44. The molecule has 0 saturated heterocycles. The van der Waals surface area contributed by atoms with Crippen LogP contribution in [0.5, 0.6) is 0 Å². The fourth-order valence-electron chi connectivity index (χ4n) is 3.30. The van der Waals surface area contributed by atoms with Crippen LogP contribution in [0.1, 0.15) is 64.2 Å². The van der Waals surface area contributed by atoms with Crippen molar-refractivity contribution in [1.29, 1.82) is 0 Å². The van der Waals surface area contributed by atoms with Crippen molar-refractivity contribution in [3.63, 3.8) is 0 Å². The summed E-state index contributed by atoms with van der Waals surface area (Å²) < 4.78 is 0. The number of rotatable bonds is 5. The van der Waals surface area contributed by atoms with Crippen LogP contribution in [0.2, 0.25) is 0 Å². The zero-order chi connectivity index (χ0) is 14.9. The molecule has 5 nitrogen and oxygen atoms in total. The number of hydrogen-bond acceptors (Lipinski definition) is 2. The molecule has 5 heteroatoms. The minimum atomic E-state index is 0.158. The van der Waals surface area contributed by atoms with Gasteiger partial charge in [0.15, 0.2) is 5.96 Å². The first-order valence-electron chi connectivity index (χ1n) is 8.54. The molecular formula is C16H30N4O. The lowest BCUT2D eigenvalue weighted by Gasteiger charge is -2.23. The van der Waals surface area contributed by atoms with Gasteiger partial charge in [-0.25, -0.2) is 0 Å². The predicted molar refractivity (Wildman–Crippen MR) is 86.4 cm³/mol. The van der Waals surface area contributed by atoms with E-state index in [0.717, 1.165) is 18.8 Å². The quantitative estimate of drug-likeness (QED) is 0.536. The highest BCUT2D eigenvalue weighted by molar-refractivity contribution is 5.81. The number of nitrogens with one attached hydrogen (secondary N) is 3. The van der Waals surface area contributed by atoms with Crippen LogP contribution in [0, 0.1) is 0 Å². The zero-order valence-electron chi connectivity index (χ0n) is 13.3. The van der Waals surface area contributed by atoms with E-state index in [1.807, 2.05) is 0 Å². The summed E-state index contributed by atoms with van der Waals surface area (Å²) in [6.45, 7) is 0.644. The Morgan fingerprint density at radius 2 is 1.52 bits per heavy atom. The molecule has 2 aliphatic carbocycles. The molecule has 3 N–H and O–H groups in total. The van der Waals surface area contributed by atoms with E-state index in [9.17, 15) is 4.79 Å². The largest absolute Gasteiger partial charge is 0.356 e. The van der Waals surface area contributed by atoms with E-state index in [1.165, 1.54) is 44.9 Å². The Morgan fingerprint density at radius 3 is 2.14 bits per heavy atom. The third-order valence-corrected chi connectivity index (χ3v) is 4.53. The highest BCUT2D eigenvalue weighted by Gasteiger charge is 2.17. The number of amides is 1. The van der Waals surface area contributed by atoms with Crippen LogP contribution >= 0.6 is 0 Å². The van der Waals surface area contributed by atoms with Crippen LogP contribution in [0.25, 0.3) is 0 Å². The van der Waals surface area contributed by atoms with Gasteiger partial charge in [-0.3, -0.25) is 9.79 Å². The monoisotopic (exact) mass is 294 g/mol. The zero-order valence-corrected chi connectivity index (χ0v) is 13.3. The van der Waals surface area contributed by atoms with E-state index < -0.39 is 0 Å². The van der Waals surface area contributed by atoms with Crippen molar-refractivity contribution in [1.82, 2.24) is 16.0 Å². The first-order valence-corrected chi connectivity index (χ1v) is 8.54. The van der Waals surface area contributed by atoms with Crippen LogP contribution in [0.15, 0.2) is 4.99 Å². The van der Waals surface area contributed by atoms with E-state index in [-0.39, 0.29) is 5.91 Å². The molecule has 0 aromatic heterocycles. The van der Waals surface area contributed by atoms with Gasteiger partial charge in [-0.15, -0.1) is 0 Å². The van der Waals surface area contributed by atoms with Crippen LogP contribution < -0.4 is 16.0 Å². The smallest absolute Gasteiger partial charge is 0.221 e. The van der Waals surface area contributed by atoms with E-state index in [1.54, 1.807) is 7.05 Å². The molecule has 0 aromatic rings. The van der Waals surface area contributed by atoms with Gasteiger partial charge in [-0.1, -0.05) is 32.1 Å². The minimum Gasteiger partial charge on any atom is -0.356 e. The fourth-order valence-corrected chi connectivity index (χ4v) is 3.30. The maximum Gasteiger partial charge on any atom is 0.221 e. The number of guanidine groups is 1. The molecule has 0 radical (unpaired) electrons. The van der Waals surface area contributed by atoms with Crippen molar-refractivity contribution in [2.24, 2.45) is 4.99 Å². The molecule has 2 rings (SSSR count). The van der Waals surface area contributed by atoms with E-state index in [4.69, 9.17) is 0 Å². The van der Waals surface area contributed by atoms with Crippen molar-refractivity contribution in [3.8, 4) is 0 Å². The van der Waals surface area contributed by atoms with Crippen LogP contribution in [0.4, 0.5) is 0 Å². The molecule has 0 heterocycles. The van der Waals surface area contributed by atoms with E-state index >= 15 is 0 Å². The number of hydrogen-bond donors (Lipinski definition) is 3. The molecule has 0 spiro atoms. The lowest BCUT2D eigenvalue weighted by molar-refractivity contribution is -0.121. The summed E-state index contributed by atoms with van der Waals surface area (Å²) in [4.78, 5) is 16.1. The summed E-state index contributed by atoms with van der Waals surface area (Å²) >= 11 is 0. The molecule has 0 aliphatic heterocycles. The number of aliphatic imine (C=N–C) groups is 1. The summed E-state index contributed by atoms with van der Waals surface area (Å²) in [6.07, 6.45) is 11.7. The van der Waals surface area contributed by atoms with Gasteiger partial charge in [0, 0.05) is 32.1 Å². The SMILES string of the molecule is CN=C(NCCC(=O)NC1CCCCC1)NC1CCCC1. The Balaban J connectivity index is 1.59. The molecule has 2 saturated carbocycles. The summed E-state index contributed by atoms with van der Waals surface area (Å²) in [6, 6.07) is 0.953. The van der Waals surface area contributed by atoms with Gasteiger partial charge in [0.05, 0.1) is 0 Å². The summed E-state index contributed by atoms with van der Waals surface area (Å²) in [5.41, 5.74) is 0. The van der Waals surface area contributed by atoms with Crippen molar-refractivity contribution >= 4 is 11.9 Å². The van der Waals surface area contributed by atoms with E-state index in [0.29, 0.717) is 25.0 Å². The fraction of sp³-hybridized carbons (Fsp3) is 0.875. The van der Waals surface area contributed by atoms with E-state index in [2.05, 4.69) is 20.9 Å². The number of nitrogens with zero attached hydrogens (tertiary/aromatic N) is 1. The van der Waals surface area contributed by atoms with Crippen LogP contribution in [-0.2, 0) is 4.79 Å². The molecule has 2 aliphatic rings. The molecule has 0 unspecified atom stereocenters. The second-order valence-electron chi connectivity index (χ2n) is 6.28. The second kappa shape index (κ2) is 8.90. The Labute approximate surface area is 128 Å². The average Bonchev–Trinajstić information content (AvgIpc) is 3.00. The Kier molecular flexibility index (Phi) is 6.83. The van der Waals surface area contributed by atoms with Crippen molar-refractivity contribution in [3.05, 3.63) is 0 Å². The van der Waals surface area contributed by atoms with Crippen molar-refractivity contribution in [2.75, 3.05) is 13.6 Å². The molecule has 1 amide bonds. The lowest BCUT2D eigenvalue weighted by atomic mass is 9.95. The van der Waals surface area contributed by atoms with Crippen molar-refractivity contribution in [2.45, 2.75) is 76.3 Å². The standard InChI is InChI=1S/C16H30N4O/c1-17-16(20-14-9-5-6-10-14)18-12-11-15(21)19-13-7-3-2-4-8-13/h13-14H,2-12H2,1H3,(H,19,21)(H2,17,18,20). The molecule has 21 heavy (non-hydrogen) atoms. The maximum atomic E-state index is 11.9. The van der Waals surface area contributed by atoms with Crippen molar-refractivity contribution < 1.29 is 4.79 Å².